The van der Waals surface area contributed by atoms with Gasteiger partial charge in [0.25, 0.3) is 0 Å². The zero-order chi connectivity index (χ0) is 15.1. The second-order valence-electron chi connectivity index (χ2n) is 8.01. The molecule has 1 unspecified atom stereocenters. The van der Waals surface area contributed by atoms with Crippen molar-refractivity contribution in [3.05, 3.63) is 16.1 Å². The summed E-state index contributed by atoms with van der Waals surface area (Å²) in [5, 5.41) is 7.33. The fraction of sp³-hybridized carbons (Fsp3) is 0.824. The zero-order valence-corrected chi connectivity index (χ0v) is 14.7. The summed E-state index contributed by atoms with van der Waals surface area (Å²) in [7, 11) is 0. The van der Waals surface area contributed by atoms with Crippen LogP contribution in [-0.2, 0) is 6.54 Å². The highest BCUT2D eigenvalue weighted by Gasteiger charge is 2.44. The molecule has 1 aromatic heterocycles. The number of piperazine rings is 1. The molecule has 1 atom stereocenters. The molecule has 2 heterocycles. The molecule has 0 radical (unpaired) electrons. The Morgan fingerprint density at radius 2 is 2.10 bits per heavy atom. The standard InChI is InChI=1S/C17H29N3S/c1-13-19-14(11-21-13)10-20-12-17(7-5-6-8-17)18-9-15(20)16(2,3)4/h11,15,18H,5-10,12H2,1-4H3. The lowest BCUT2D eigenvalue weighted by atomic mass is 9.81. The summed E-state index contributed by atoms with van der Waals surface area (Å²) < 4.78 is 0. The third-order valence-electron chi connectivity index (χ3n) is 5.21. The van der Waals surface area contributed by atoms with Crippen molar-refractivity contribution in [3.63, 3.8) is 0 Å². The molecule has 1 aliphatic carbocycles. The van der Waals surface area contributed by atoms with E-state index >= 15 is 0 Å². The third-order valence-corrected chi connectivity index (χ3v) is 6.03. The number of hydrogen-bond donors (Lipinski definition) is 1. The van der Waals surface area contributed by atoms with Gasteiger partial charge in [-0.25, -0.2) is 4.98 Å². The van der Waals surface area contributed by atoms with Crippen LogP contribution in [0, 0.1) is 12.3 Å². The van der Waals surface area contributed by atoms with Crippen LogP contribution in [0.4, 0.5) is 0 Å². The van der Waals surface area contributed by atoms with Gasteiger partial charge in [-0.1, -0.05) is 33.6 Å². The van der Waals surface area contributed by atoms with Crippen molar-refractivity contribution in [2.45, 2.75) is 71.5 Å². The van der Waals surface area contributed by atoms with Crippen molar-refractivity contribution in [2.75, 3.05) is 13.1 Å². The van der Waals surface area contributed by atoms with Crippen molar-refractivity contribution in [2.24, 2.45) is 5.41 Å². The highest BCUT2D eigenvalue weighted by Crippen LogP contribution is 2.37. The van der Waals surface area contributed by atoms with E-state index in [-0.39, 0.29) is 0 Å². The Labute approximate surface area is 133 Å². The molecule has 0 amide bonds. The Morgan fingerprint density at radius 3 is 2.67 bits per heavy atom. The lowest BCUT2D eigenvalue weighted by Gasteiger charge is -2.50. The van der Waals surface area contributed by atoms with Gasteiger partial charge in [0.15, 0.2) is 0 Å². The van der Waals surface area contributed by atoms with E-state index in [9.17, 15) is 0 Å². The molecule has 3 rings (SSSR count). The van der Waals surface area contributed by atoms with E-state index in [1.165, 1.54) is 42.9 Å². The molecule has 1 spiro atoms. The summed E-state index contributed by atoms with van der Waals surface area (Å²) in [5.41, 5.74) is 1.94. The summed E-state index contributed by atoms with van der Waals surface area (Å²) in [4.78, 5) is 7.40. The normalized spacial score (nSPS) is 26.6. The quantitative estimate of drug-likeness (QED) is 0.905. The van der Waals surface area contributed by atoms with Crippen molar-refractivity contribution >= 4 is 11.3 Å². The number of aryl methyl sites for hydroxylation is 1. The van der Waals surface area contributed by atoms with Crippen molar-refractivity contribution < 1.29 is 0 Å². The van der Waals surface area contributed by atoms with Gasteiger partial charge in [0, 0.05) is 36.6 Å². The maximum atomic E-state index is 4.69. The van der Waals surface area contributed by atoms with Crippen LogP contribution in [0.25, 0.3) is 0 Å². The minimum Gasteiger partial charge on any atom is -0.308 e. The van der Waals surface area contributed by atoms with E-state index in [1.54, 1.807) is 11.3 Å². The SMILES string of the molecule is Cc1nc(CN2CC3(CCCC3)NCC2C(C)(C)C)cs1. The molecule has 3 nitrogen and oxygen atoms in total. The van der Waals surface area contributed by atoms with Gasteiger partial charge in [0.2, 0.25) is 0 Å². The lowest BCUT2D eigenvalue weighted by Crippen LogP contribution is -2.65. The van der Waals surface area contributed by atoms with Crippen LogP contribution >= 0.6 is 11.3 Å². The van der Waals surface area contributed by atoms with Crippen LogP contribution < -0.4 is 5.32 Å². The first-order chi connectivity index (χ1) is 9.88. The van der Waals surface area contributed by atoms with Gasteiger partial charge in [-0.15, -0.1) is 11.3 Å². The van der Waals surface area contributed by atoms with E-state index in [4.69, 9.17) is 4.98 Å². The maximum Gasteiger partial charge on any atom is 0.0897 e. The molecule has 1 N–H and O–H groups in total. The second kappa shape index (κ2) is 5.64. The molecule has 1 saturated heterocycles. The lowest BCUT2D eigenvalue weighted by molar-refractivity contribution is 0.0172. The van der Waals surface area contributed by atoms with Crippen LogP contribution in [0.1, 0.15) is 57.2 Å². The number of nitrogens with one attached hydrogen (secondary N) is 1. The smallest absolute Gasteiger partial charge is 0.0897 e. The fourth-order valence-corrected chi connectivity index (χ4v) is 4.70. The predicted octanol–water partition coefficient (Wildman–Crippen LogP) is 3.58. The monoisotopic (exact) mass is 307 g/mol. The minimum absolute atomic E-state index is 0.304. The minimum atomic E-state index is 0.304. The average Bonchev–Trinajstić information content (AvgIpc) is 2.98. The Bertz CT molecular complexity index is 482. The summed E-state index contributed by atoms with van der Waals surface area (Å²) in [6.45, 7) is 12.5. The first-order valence-electron chi connectivity index (χ1n) is 8.28. The van der Waals surface area contributed by atoms with Crippen LogP contribution in [0.15, 0.2) is 5.38 Å². The number of aromatic nitrogens is 1. The van der Waals surface area contributed by atoms with Gasteiger partial charge in [-0.05, 0) is 25.2 Å². The maximum absolute atomic E-state index is 4.69. The molecular weight excluding hydrogens is 278 g/mol. The van der Waals surface area contributed by atoms with Crippen LogP contribution in [-0.4, -0.2) is 34.6 Å². The van der Waals surface area contributed by atoms with Crippen molar-refractivity contribution in [1.29, 1.82) is 0 Å². The molecule has 2 aliphatic rings. The Hall–Kier alpha value is -0.450. The summed E-state index contributed by atoms with van der Waals surface area (Å²) >= 11 is 1.77. The average molecular weight is 308 g/mol. The van der Waals surface area contributed by atoms with E-state index in [0.29, 0.717) is 17.0 Å². The number of thiazole rings is 1. The summed E-state index contributed by atoms with van der Waals surface area (Å²) in [5.74, 6) is 0. The highest BCUT2D eigenvalue weighted by molar-refractivity contribution is 7.09. The van der Waals surface area contributed by atoms with Crippen molar-refractivity contribution in [3.8, 4) is 0 Å². The first kappa shape index (κ1) is 15.4. The van der Waals surface area contributed by atoms with E-state index in [1.807, 2.05) is 0 Å². The zero-order valence-electron chi connectivity index (χ0n) is 13.9. The van der Waals surface area contributed by atoms with Gasteiger partial charge in [-0.2, -0.15) is 0 Å². The number of nitrogens with zero attached hydrogens (tertiary/aromatic N) is 2. The molecule has 4 heteroatoms. The largest absolute Gasteiger partial charge is 0.308 e. The van der Waals surface area contributed by atoms with Gasteiger partial charge in [0.1, 0.15) is 0 Å². The predicted molar refractivity (Wildman–Crippen MR) is 89.7 cm³/mol. The van der Waals surface area contributed by atoms with Gasteiger partial charge >= 0.3 is 0 Å². The Morgan fingerprint density at radius 1 is 1.38 bits per heavy atom. The van der Waals surface area contributed by atoms with Crippen molar-refractivity contribution in [1.82, 2.24) is 15.2 Å². The topological polar surface area (TPSA) is 28.2 Å². The van der Waals surface area contributed by atoms with Crippen LogP contribution in [0.5, 0.6) is 0 Å². The van der Waals surface area contributed by atoms with Gasteiger partial charge in [0.05, 0.1) is 10.7 Å². The van der Waals surface area contributed by atoms with E-state index in [2.05, 4.69) is 43.3 Å². The molecular formula is C17H29N3S. The molecule has 21 heavy (non-hydrogen) atoms. The molecule has 0 aromatic carbocycles. The molecule has 2 fully saturated rings. The Kier molecular flexibility index (Phi) is 4.15. The molecule has 0 bridgehead atoms. The molecule has 1 aliphatic heterocycles. The number of rotatable bonds is 2. The van der Waals surface area contributed by atoms with Gasteiger partial charge < -0.3 is 5.32 Å². The third kappa shape index (κ3) is 3.33. The molecule has 118 valence electrons. The Balaban J connectivity index is 1.79. The second-order valence-corrected chi connectivity index (χ2v) is 9.08. The summed E-state index contributed by atoms with van der Waals surface area (Å²) in [6, 6.07) is 0.589. The highest BCUT2D eigenvalue weighted by atomic mass is 32.1. The number of hydrogen-bond acceptors (Lipinski definition) is 4. The van der Waals surface area contributed by atoms with Gasteiger partial charge in [-0.3, -0.25) is 4.90 Å². The van der Waals surface area contributed by atoms with Crippen LogP contribution in [0.2, 0.25) is 0 Å². The molecule has 1 aromatic rings. The molecule has 1 saturated carbocycles. The summed E-state index contributed by atoms with van der Waals surface area (Å²) in [6.07, 6.45) is 5.46. The first-order valence-corrected chi connectivity index (χ1v) is 9.16. The van der Waals surface area contributed by atoms with E-state index < -0.39 is 0 Å². The van der Waals surface area contributed by atoms with E-state index in [0.717, 1.165) is 13.1 Å². The van der Waals surface area contributed by atoms with Crippen LogP contribution in [0.3, 0.4) is 0 Å². The fourth-order valence-electron chi connectivity index (χ4n) is 4.09.